The van der Waals surface area contributed by atoms with E-state index in [1.54, 1.807) is 18.2 Å². The molecule has 24 heavy (non-hydrogen) atoms. The van der Waals surface area contributed by atoms with E-state index in [2.05, 4.69) is 15.4 Å². The summed E-state index contributed by atoms with van der Waals surface area (Å²) in [5, 5.41) is 5.14. The van der Waals surface area contributed by atoms with Gasteiger partial charge in [-0.25, -0.2) is 13.1 Å². The maximum absolute atomic E-state index is 12.3. The average Bonchev–Trinajstić information content (AvgIpc) is 2.61. The van der Waals surface area contributed by atoms with Gasteiger partial charge >= 0.3 is 0 Å². The van der Waals surface area contributed by atoms with E-state index in [1.165, 1.54) is 44.4 Å². The van der Waals surface area contributed by atoms with E-state index < -0.39 is 15.9 Å². The molecule has 2 rings (SSSR count). The van der Waals surface area contributed by atoms with Crippen molar-refractivity contribution in [2.45, 2.75) is 4.90 Å². The summed E-state index contributed by atoms with van der Waals surface area (Å²) in [4.78, 5) is 23.9. The summed E-state index contributed by atoms with van der Waals surface area (Å²) in [6.45, 7) is 0. The summed E-state index contributed by atoms with van der Waals surface area (Å²) in [6.07, 6.45) is 0. The lowest BCUT2D eigenvalue weighted by molar-refractivity contribution is 0.0961. The van der Waals surface area contributed by atoms with Crippen molar-refractivity contribution in [2.24, 2.45) is 0 Å². The van der Waals surface area contributed by atoms with Gasteiger partial charge in [0, 0.05) is 23.9 Å². The molecule has 0 fully saturated rings. The SMILES string of the molecule is CNC(=O)c1cccc(NC(=O)c2cccc(S(=O)(=O)NC)c2)c1. The third kappa shape index (κ3) is 3.98. The molecule has 0 aliphatic carbocycles. The van der Waals surface area contributed by atoms with Crippen LogP contribution in [0.25, 0.3) is 0 Å². The smallest absolute Gasteiger partial charge is 0.255 e. The molecule has 0 bridgehead atoms. The number of amides is 2. The standard InChI is InChI=1S/C16H17N3O4S/c1-17-15(20)11-5-3-7-13(9-11)19-16(21)12-6-4-8-14(10-12)24(22,23)18-2/h3-10,18H,1-2H3,(H,17,20)(H,19,21). The zero-order valence-corrected chi connectivity index (χ0v) is 14.0. The second-order valence-corrected chi connectivity index (χ2v) is 6.74. The third-order valence-electron chi connectivity index (χ3n) is 3.28. The highest BCUT2D eigenvalue weighted by Gasteiger charge is 2.14. The molecule has 0 spiro atoms. The molecule has 2 aromatic carbocycles. The van der Waals surface area contributed by atoms with E-state index in [1.807, 2.05) is 0 Å². The number of anilines is 1. The largest absolute Gasteiger partial charge is 0.355 e. The van der Waals surface area contributed by atoms with Crippen LogP contribution in [0.2, 0.25) is 0 Å². The normalized spacial score (nSPS) is 10.9. The first-order valence-electron chi connectivity index (χ1n) is 7.04. The first-order valence-corrected chi connectivity index (χ1v) is 8.53. The number of hydrogen-bond acceptors (Lipinski definition) is 4. The molecule has 8 heteroatoms. The van der Waals surface area contributed by atoms with Gasteiger partial charge in [-0.05, 0) is 43.4 Å². The third-order valence-corrected chi connectivity index (χ3v) is 4.70. The molecule has 0 unspecified atom stereocenters. The van der Waals surface area contributed by atoms with Gasteiger partial charge < -0.3 is 10.6 Å². The van der Waals surface area contributed by atoms with Crippen LogP contribution < -0.4 is 15.4 Å². The molecule has 0 saturated heterocycles. The predicted octanol–water partition coefficient (Wildman–Crippen LogP) is 1.21. The molecular formula is C16H17N3O4S. The minimum Gasteiger partial charge on any atom is -0.355 e. The zero-order chi connectivity index (χ0) is 17.7. The van der Waals surface area contributed by atoms with Crippen LogP contribution in [0, 0.1) is 0 Å². The number of carbonyl (C=O) groups is 2. The Hall–Kier alpha value is -2.71. The fourth-order valence-corrected chi connectivity index (χ4v) is 2.78. The molecule has 3 N–H and O–H groups in total. The first-order chi connectivity index (χ1) is 11.4. The molecular weight excluding hydrogens is 330 g/mol. The minimum absolute atomic E-state index is 0.00300. The average molecular weight is 347 g/mol. The first kappa shape index (κ1) is 17.6. The monoisotopic (exact) mass is 347 g/mol. The maximum atomic E-state index is 12.3. The fourth-order valence-electron chi connectivity index (χ4n) is 2.01. The molecule has 126 valence electrons. The van der Waals surface area contributed by atoms with Gasteiger partial charge in [-0.3, -0.25) is 9.59 Å². The Kier molecular flexibility index (Phi) is 5.32. The topological polar surface area (TPSA) is 104 Å². The fraction of sp³-hybridized carbons (Fsp3) is 0.125. The lowest BCUT2D eigenvalue weighted by Crippen LogP contribution is -2.20. The molecule has 0 aliphatic heterocycles. The number of sulfonamides is 1. The van der Waals surface area contributed by atoms with Crippen molar-refractivity contribution < 1.29 is 18.0 Å². The number of benzene rings is 2. The lowest BCUT2D eigenvalue weighted by atomic mass is 10.1. The molecule has 0 saturated carbocycles. The number of nitrogens with one attached hydrogen (secondary N) is 3. The second kappa shape index (κ2) is 7.24. The summed E-state index contributed by atoms with van der Waals surface area (Å²) in [5.41, 5.74) is 1.03. The molecule has 2 aromatic rings. The summed E-state index contributed by atoms with van der Waals surface area (Å²) in [7, 11) is -0.818. The lowest BCUT2D eigenvalue weighted by Gasteiger charge is -2.08. The summed E-state index contributed by atoms with van der Waals surface area (Å²) >= 11 is 0. The van der Waals surface area contributed by atoms with E-state index >= 15 is 0 Å². The van der Waals surface area contributed by atoms with Crippen molar-refractivity contribution >= 4 is 27.5 Å². The van der Waals surface area contributed by atoms with Crippen molar-refractivity contribution in [3.8, 4) is 0 Å². The molecule has 0 aromatic heterocycles. The van der Waals surface area contributed by atoms with Crippen molar-refractivity contribution in [1.82, 2.24) is 10.0 Å². The van der Waals surface area contributed by atoms with Gasteiger partial charge in [-0.1, -0.05) is 12.1 Å². The summed E-state index contributed by atoms with van der Waals surface area (Å²) in [6, 6.07) is 12.1. The molecule has 0 atom stereocenters. The Bertz CT molecular complexity index is 878. The van der Waals surface area contributed by atoms with E-state index in [9.17, 15) is 18.0 Å². The zero-order valence-electron chi connectivity index (χ0n) is 13.2. The van der Waals surface area contributed by atoms with Crippen LogP contribution in [0.4, 0.5) is 5.69 Å². The van der Waals surface area contributed by atoms with Crippen LogP contribution in [0.5, 0.6) is 0 Å². The van der Waals surface area contributed by atoms with Crippen molar-refractivity contribution in [3.63, 3.8) is 0 Å². The van der Waals surface area contributed by atoms with Gasteiger partial charge in [0.15, 0.2) is 0 Å². The number of rotatable bonds is 5. The van der Waals surface area contributed by atoms with Crippen LogP contribution in [0.3, 0.4) is 0 Å². The molecule has 2 amide bonds. The molecule has 7 nitrogen and oxygen atoms in total. The minimum atomic E-state index is -3.63. The summed E-state index contributed by atoms with van der Waals surface area (Å²) in [5.74, 6) is -0.745. The molecule has 0 radical (unpaired) electrons. The van der Waals surface area contributed by atoms with Gasteiger partial charge in [0.25, 0.3) is 11.8 Å². The quantitative estimate of drug-likeness (QED) is 0.756. The Morgan fingerprint density at radius 2 is 1.50 bits per heavy atom. The van der Waals surface area contributed by atoms with Gasteiger partial charge in [-0.2, -0.15) is 0 Å². The van der Waals surface area contributed by atoms with Crippen LogP contribution >= 0.6 is 0 Å². The van der Waals surface area contributed by atoms with Crippen molar-refractivity contribution in [1.29, 1.82) is 0 Å². The van der Waals surface area contributed by atoms with Crippen LogP contribution in [0.15, 0.2) is 53.4 Å². The second-order valence-electron chi connectivity index (χ2n) is 4.85. The maximum Gasteiger partial charge on any atom is 0.255 e. The Balaban J connectivity index is 2.25. The Morgan fingerprint density at radius 1 is 0.875 bits per heavy atom. The highest BCUT2D eigenvalue weighted by molar-refractivity contribution is 7.89. The number of hydrogen-bond donors (Lipinski definition) is 3. The van der Waals surface area contributed by atoms with E-state index in [0.717, 1.165) is 0 Å². The Labute approximate surface area is 140 Å². The van der Waals surface area contributed by atoms with Gasteiger partial charge in [-0.15, -0.1) is 0 Å². The van der Waals surface area contributed by atoms with Crippen LogP contribution in [-0.2, 0) is 10.0 Å². The van der Waals surface area contributed by atoms with Gasteiger partial charge in [0.1, 0.15) is 0 Å². The van der Waals surface area contributed by atoms with Crippen molar-refractivity contribution in [3.05, 3.63) is 59.7 Å². The highest BCUT2D eigenvalue weighted by Crippen LogP contribution is 2.15. The molecule has 0 heterocycles. The Morgan fingerprint density at radius 3 is 2.12 bits per heavy atom. The highest BCUT2D eigenvalue weighted by atomic mass is 32.2. The van der Waals surface area contributed by atoms with Gasteiger partial charge in [0.05, 0.1) is 4.90 Å². The van der Waals surface area contributed by atoms with E-state index in [0.29, 0.717) is 11.3 Å². The van der Waals surface area contributed by atoms with Gasteiger partial charge in [0.2, 0.25) is 10.0 Å². The van der Waals surface area contributed by atoms with E-state index in [4.69, 9.17) is 0 Å². The number of carbonyl (C=O) groups excluding carboxylic acids is 2. The van der Waals surface area contributed by atoms with Crippen LogP contribution in [0.1, 0.15) is 20.7 Å². The predicted molar refractivity (Wildman–Crippen MR) is 90.5 cm³/mol. The van der Waals surface area contributed by atoms with E-state index in [-0.39, 0.29) is 16.4 Å². The molecule has 0 aliphatic rings. The summed E-state index contributed by atoms with van der Waals surface area (Å²) < 4.78 is 25.8. The van der Waals surface area contributed by atoms with Crippen molar-refractivity contribution in [2.75, 3.05) is 19.4 Å². The van der Waals surface area contributed by atoms with Crippen LogP contribution in [-0.4, -0.2) is 34.3 Å².